The average molecular weight is 625 g/mol. The number of nitrogens with zero attached hydrogens (tertiary/aromatic N) is 4. The average Bonchev–Trinajstić information content (AvgIpc) is 3.51. The van der Waals surface area contributed by atoms with Gasteiger partial charge >= 0.3 is 6.01 Å². The van der Waals surface area contributed by atoms with Crippen molar-refractivity contribution in [3.8, 4) is 22.9 Å². The number of hydrogen-bond donors (Lipinski definition) is 2. The third-order valence-electron chi connectivity index (χ3n) is 9.82. The number of aliphatic hydroxyl groups is 1. The number of benzene rings is 3. The molecule has 0 bridgehead atoms. The molecule has 0 saturated carbocycles. The monoisotopic (exact) mass is 624 g/mol. The second-order valence-corrected chi connectivity index (χ2v) is 13.1. The van der Waals surface area contributed by atoms with Crippen LogP contribution in [-0.4, -0.2) is 75.2 Å². The Kier molecular flexibility index (Phi) is 7.31. The molecule has 0 amide bonds. The molecule has 0 aliphatic carbocycles. The number of aryl methyl sites for hydroxylation is 1. The SMILES string of the molecule is CCc1c(F)ccc2cc(O)cc(-c3c(F)cc4c(N5CCC[C@@](C)(O)C5)nc(OC[C@@]56CCCN5C[C@H](F)C6)nc4c3F)c12. The second kappa shape index (κ2) is 11.0. The summed E-state index contributed by atoms with van der Waals surface area (Å²) in [6.45, 7) is 5.35. The van der Waals surface area contributed by atoms with Crippen molar-refractivity contribution in [2.24, 2.45) is 0 Å². The number of aromatic hydroxyl groups is 1. The van der Waals surface area contributed by atoms with Gasteiger partial charge in [0.15, 0.2) is 5.82 Å². The first-order valence-corrected chi connectivity index (χ1v) is 15.6. The molecule has 3 fully saturated rings. The van der Waals surface area contributed by atoms with Crippen LogP contribution in [0, 0.1) is 17.5 Å². The zero-order chi connectivity index (χ0) is 31.7. The Morgan fingerprint density at radius 3 is 2.62 bits per heavy atom. The lowest BCUT2D eigenvalue weighted by atomic mass is 9.91. The summed E-state index contributed by atoms with van der Waals surface area (Å²) in [6.07, 6.45) is 2.49. The number of anilines is 1. The summed E-state index contributed by atoms with van der Waals surface area (Å²) in [5.74, 6) is -2.46. The van der Waals surface area contributed by atoms with Crippen molar-refractivity contribution in [3.05, 3.63) is 53.3 Å². The van der Waals surface area contributed by atoms with Gasteiger partial charge < -0.3 is 19.8 Å². The van der Waals surface area contributed by atoms with Crippen LogP contribution in [0.1, 0.15) is 51.5 Å². The van der Waals surface area contributed by atoms with Crippen molar-refractivity contribution in [2.75, 3.05) is 37.7 Å². The van der Waals surface area contributed by atoms with Gasteiger partial charge in [0, 0.05) is 31.4 Å². The van der Waals surface area contributed by atoms with Crippen LogP contribution in [0.4, 0.5) is 23.4 Å². The first-order valence-electron chi connectivity index (χ1n) is 15.6. The van der Waals surface area contributed by atoms with E-state index in [1.807, 2.05) is 0 Å². The summed E-state index contributed by atoms with van der Waals surface area (Å²) in [4.78, 5) is 12.9. The normalized spacial score (nSPS) is 25.4. The Morgan fingerprint density at radius 1 is 1.04 bits per heavy atom. The predicted molar refractivity (Wildman–Crippen MR) is 164 cm³/mol. The Balaban J connectivity index is 1.41. The van der Waals surface area contributed by atoms with Gasteiger partial charge in [0.1, 0.15) is 41.5 Å². The van der Waals surface area contributed by atoms with E-state index >= 15 is 8.78 Å². The molecule has 3 atom stereocenters. The van der Waals surface area contributed by atoms with E-state index in [4.69, 9.17) is 4.74 Å². The smallest absolute Gasteiger partial charge is 0.319 e. The van der Waals surface area contributed by atoms with Crippen molar-refractivity contribution in [1.29, 1.82) is 0 Å². The fourth-order valence-corrected chi connectivity index (χ4v) is 7.80. The Bertz CT molecular complexity index is 1820. The Hall–Kier alpha value is -3.70. The van der Waals surface area contributed by atoms with E-state index in [1.54, 1.807) is 18.7 Å². The highest BCUT2D eigenvalue weighted by molar-refractivity contribution is 6.03. The molecule has 7 nitrogen and oxygen atoms in total. The van der Waals surface area contributed by atoms with Crippen molar-refractivity contribution in [3.63, 3.8) is 0 Å². The molecular weight excluding hydrogens is 588 g/mol. The minimum absolute atomic E-state index is 0.00205. The number of alkyl halides is 1. The molecular formula is C34H36F4N4O3. The summed E-state index contributed by atoms with van der Waals surface area (Å²) >= 11 is 0. The van der Waals surface area contributed by atoms with E-state index in [-0.39, 0.29) is 59.2 Å². The number of halogens is 4. The topological polar surface area (TPSA) is 82.0 Å². The summed E-state index contributed by atoms with van der Waals surface area (Å²) in [5.41, 5.74) is -1.94. The summed E-state index contributed by atoms with van der Waals surface area (Å²) in [7, 11) is 0. The lowest BCUT2D eigenvalue weighted by Crippen LogP contribution is -2.46. The minimum Gasteiger partial charge on any atom is -0.508 e. The standard InChI is InChI=1S/C34H36F4N4O3/c1-3-22-25(36)7-6-19-12-21(43)13-23(27(19)22)28-26(37)14-24-30(29(28)38)39-32(40-31(24)41-10-4-8-33(2,44)17-41)45-18-34-9-5-11-42(34)16-20(35)15-34/h6-7,12-14,20,43-44H,3-5,8-11,15-18H2,1-2H3/t20-,33-,34+/m1/s1. The van der Waals surface area contributed by atoms with E-state index in [0.29, 0.717) is 43.1 Å². The lowest BCUT2D eigenvalue weighted by Gasteiger charge is -2.38. The van der Waals surface area contributed by atoms with E-state index < -0.39 is 40.3 Å². The van der Waals surface area contributed by atoms with Crippen LogP contribution < -0.4 is 9.64 Å². The van der Waals surface area contributed by atoms with Crippen LogP contribution in [0.5, 0.6) is 11.8 Å². The van der Waals surface area contributed by atoms with Crippen molar-refractivity contribution < 1.29 is 32.5 Å². The largest absolute Gasteiger partial charge is 0.508 e. The zero-order valence-electron chi connectivity index (χ0n) is 25.3. The molecule has 3 saturated heterocycles. The van der Waals surface area contributed by atoms with E-state index in [9.17, 15) is 19.0 Å². The molecule has 45 heavy (non-hydrogen) atoms. The maximum absolute atomic E-state index is 16.8. The quantitative estimate of drug-likeness (QED) is 0.239. The van der Waals surface area contributed by atoms with Gasteiger partial charge in [-0.25, -0.2) is 17.6 Å². The highest BCUT2D eigenvalue weighted by Gasteiger charge is 2.49. The highest BCUT2D eigenvalue weighted by Crippen LogP contribution is 2.43. The molecule has 11 heteroatoms. The molecule has 3 aromatic carbocycles. The van der Waals surface area contributed by atoms with Crippen molar-refractivity contribution in [2.45, 2.75) is 69.7 Å². The second-order valence-electron chi connectivity index (χ2n) is 13.1. The molecule has 0 spiro atoms. The fraction of sp³-hybridized carbons (Fsp3) is 0.471. The number of rotatable bonds is 6. The number of ether oxygens (including phenoxy) is 1. The summed E-state index contributed by atoms with van der Waals surface area (Å²) < 4.78 is 68.5. The van der Waals surface area contributed by atoms with Gasteiger partial charge in [-0.1, -0.05) is 13.0 Å². The van der Waals surface area contributed by atoms with E-state index in [1.165, 1.54) is 24.3 Å². The Labute approximate surface area is 258 Å². The van der Waals surface area contributed by atoms with Gasteiger partial charge in [-0.3, -0.25) is 4.90 Å². The minimum atomic E-state index is -1.04. The third-order valence-corrected chi connectivity index (χ3v) is 9.82. The fourth-order valence-electron chi connectivity index (χ4n) is 7.80. The number of fused-ring (bicyclic) bond motifs is 3. The van der Waals surface area contributed by atoms with E-state index in [0.717, 1.165) is 25.5 Å². The third kappa shape index (κ3) is 5.13. The summed E-state index contributed by atoms with van der Waals surface area (Å²) in [6, 6.07) is 6.42. The predicted octanol–water partition coefficient (Wildman–Crippen LogP) is 6.44. The molecule has 1 aromatic heterocycles. The van der Waals surface area contributed by atoms with Gasteiger partial charge in [0.05, 0.1) is 16.7 Å². The number of phenols is 1. The van der Waals surface area contributed by atoms with Crippen molar-refractivity contribution in [1.82, 2.24) is 14.9 Å². The van der Waals surface area contributed by atoms with Gasteiger partial charge in [0.2, 0.25) is 0 Å². The van der Waals surface area contributed by atoms with Crippen LogP contribution in [-0.2, 0) is 6.42 Å². The van der Waals surface area contributed by atoms with Gasteiger partial charge in [-0.15, -0.1) is 0 Å². The maximum atomic E-state index is 16.8. The van der Waals surface area contributed by atoms with Crippen LogP contribution in [0.3, 0.4) is 0 Å². The van der Waals surface area contributed by atoms with Crippen LogP contribution >= 0.6 is 0 Å². The highest BCUT2D eigenvalue weighted by atomic mass is 19.1. The lowest BCUT2D eigenvalue weighted by molar-refractivity contribution is 0.0447. The molecule has 2 N–H and O–H groups in total. The number of phenolic OH excluding ortho intramolecular Hbond substituents is 1. The Morgan fingerprint density at radius 2 is 1.84 bits per heavy atom. The van der Waals surface area contributed by atoms with Crippen LogP contribution in [0.15, 0.2) is 30.3 Å². The van der Waals surface area contributed by atoms with Crippen LogP contribution in [0.25, 0.3) is 32.8 Å². The molecule has 238 valence electrons. The van der Waals surface area contributed by atoms with Gasteiger partial charge in [0.25, 0.3) is 0 Å². The molecule has 4 aromatic rings. The first kappa shape index (κ1) is 30.0. The number of hydrogen-bond acceptors (Lipinski definition) is 7. The van der Waals surface area contributed by atoms with Gasteiger partial charge in [-0.05, 0) is 91.7 Å². The molecule has 7 rings (SSSR count). The number of piperidine rings is 1. The zero-order valence-corrected chi connectivity index (χ0v) is 25.3. The van der Waals surface area contributed by atoms with Crippen LogP contribution in [0.2, 0.25) is 0 Å². The molecule has 4 heterocycles. The molecule has 0 unspecified atom stereocenters. The number of aromatic nitrogens is 2. The molecule has 3 aliphatic heterocycles. The molecule has 0 radical (unpaired) electrons. The number of β-amino-alcohol motifs (C(OH)–C–C–N with tert-alkyl or cyclic N) is 1. The molecule has 3 aliphatic rings. The van der Waals surface area contributed by atoms with Gasteiger partial charge in [-0.2, -0.15) is 9.97 Å². The first-order chi connectivity index (χ1) is 21.5. The van der Waals surface area contributed by atoms with Crippen molar-refractivity contribution >= 4 is 27.5 Å². The van der Waals surface area contributed by atoms with E-state index in [2.05, 4.69) is 14.9 Å². The summed E-state index contributed by atoms with van der Waals surface area (Å²) in [5, 5.41) is 22.2. The maximum Gasteiger partial charge on any atom is 0.319 e.